The third kappa shape index (κ3) is 13.9. The molecule has 0 atom stereocenters. The van der Waals surface area contributed by atoms with Crippen molar-refractivity contribution in [3.05, 3.63) is 246 Å². The first-order valence-corrected chi connectivity index (χ1v) is 20.6. The van der Waals surface area contributed by atoms with E-state index in [9.17, 15) is 0 Å². The smallest absolute Gasteiger partial charge is 0.0631 e. The summed E-state index contributed by atoms with van der Waals surface area (Å²) in [6.45, 7) is 0.974. The molecule has 8 rings (SSSR count). The summed E-state index contributed by atoms with van der Waals surface area (Å²) in [4.78, 5) is 8.90. The Morgan fingerprint density at radius 3 is 1.12 bits per heavy atom. The molecule has 0 heterocycles. The molecule has 60 heavy (non-hydrogen) atoms. The van der Waals surface area contributed by atoms with E-state index in [1.807, 2.05) is 91.0 Å². The third-order valence-electron chi connectivity index (χ3n) is 9.82. The SMILES string of the molecule is C(C=Nc1ccc(Nc2ccccc2)cc1)=Nc1ccc(Cc2ccccc2)cc1.c1ccc(Cc2ccc(NCCCc3ccc(Nc4ccccc4)cc3)cc2)cc1. The van der Waals surface area contributed by atoms with Crippen LogP contribution in [0.5, 0.6) is 0 Å². The van der Waals surface area contributed by atoms with E-state index in [4.69, 9.17) is 0 Å². The molecule has 0 aliphatic rings. The van der Waals surface area contributed by atoms with Crippen LogP contribution in [-0.2, 0) is 19.3 Å². The van der Waals surface area contributed by atoms with Crippen LogP contribution < -0.4 is 16.0 Å². The number of rotatable bonds is 16. The average molecular weight is 782 g/mol. The van der Waals surface area contributed by atoms with Crippen molar-refractivity contribution in [2.24, 2.45) is 9.98 Å². The van der Waals surface area contributed by atoms with Crippen molar-refractivity contribution in [1.82, 2.24) is 0 Å². The number of aliphatic imine (C=N–C) groups is 2. The fourth-order valence-electron chi connectivity index (χ4n) is 6.63. The number of hydrogen-bond donors (Lipinski definition) is 3. The Bertz CT molecular complexity index is 2290. The summed E-state index contributed by atoms with van der Waals surface area (Å²) in [5, 5.41) is 10.3. The Morgan fingerprint density at radius 2 is 0.650 bits per heavy atom. The minimum Gasteiger partial charge on any atom is -0.385 e. The summed E-state index contributed by atoms with van der Waals surface area (Å²) < 4.78 is 0. The van der Waals surface area contributed by atoms with Crippen LogP contribution in [0.2, 0.25) is 0 Å². The minimum atomic E-state index is 0.887. The van der Waals surface area contributed by atoms with E-state index in [0.29, 0.717) is 0 Å². The maximum absolute atomic E-state index is 4.46. The van der Waals surface area contributed by atoms with E-state index in [-0.39, 0.29) is 0 Å². The van der Waals surface area contributed by atoms with Crippen LogP contribution in [0.15, 0.2) is 228 Å². The van der Waals surface area contributed by atoms with Gasteiger partial charge in [0.05, 0.1) is 11.4 Å². The molecule has 0 aliphatic heterocycles. The van der Waals surface area contributed by atoms with Crippen molar-refractivity contribution >= 4 is 52.2 Å². The molecule has 0 unspecified atom stereocenters. The van der Waals surface area contributed by atoms with Gasteiger partial charge in [-0.3, -0.25) is 9.98 Å². The summed E-state index contributed by atoms with van der Waals surface area (Å²) in [6, 6.07) is 75.3. The molecule has 0 fully saturated rings. The molecule has 8 aromatic rings. The van der Waals surface area contributed by atoms with E-state index >= 15 is 0 Å². The molecule has 0 bridgehead atoms. The highest BCUT2D eigenvalue weighted by Crippen LogP contribution is 2.21. The summed E-state index contributed by atoms with van der Waals surface area (Å²) in [7, 11) is 0. The Kier molecular flexibility index (Phi) is 15.2. The van der Waals surface area contributed by atoms with E-state index in [2.05, 4.69) is 153 Å². The number of anilines is 5. The zero-order chi connectivity index (χ0) is 40.9. The van der Waals surface area contributed by atoms with Crippen LogP contribution >= 0.6 is 0 Å². The first-order chi connectivity index (χ1) is 29.7. The van der Waals surface area contributed by atoms with E-state index in [1.54, 1.807) is 12.4 Å². The first kappa shape index (κ1) is 40.7. The van der Waals surface area contributed by atoms with Gasteiger partial charge in [-0.1, -0.05) is 133 Å². The maximum Gasteiger partial charge on any atom is 0.0631 e. The van der Waals surface area contributed by atoms with Crippen LogP contribution in [0.1, 0.15) is 34.2 Å². The monoisotopic (exact) mass is 781 g/mol. The van der Waals surface area contributed by atoms with Gasteiger partial charge in [-0.2, -0.15) is 0 Å². The Labute approximate surface area is 355 Å². The second-order valence-electron chi connectivity index (χ2n) is 14.5. The zero-order valence-corrected chi connectivity index (χ0v) is 33.9. The molecule has 0 saturated heterocycles. The third-order valence-corrected chi connectivity index (χ3v) is 9.82. The fourth-order valence-corrected chi connectivity index (χ4v) is 6.63. The molecular formula is C55H51N5. The lowest BCUT2D eigenvalue weighted by atomic mass is 10.0. The van der Waals surface area contributed by atoms with Crippen LogP contribution in [0.4, 0.5) is 39.8 Å². The molecule has 296 valence electrons. The van der Waals surface area contributed by atoms with Gasteiger partial charge in [-0.15, -0.1) is 0 Å². The molecule has 0 aliphatic carbocycles. The molecule has 3 N–H and O–H groups in total. The second kappa shape index (κ2) is 22.4. The van der Waals surface area contributed by atoms with Crippen molar-refractivity contribution in [2.75, 3.05) is 22.5 Å². The van der Waals surface area contributed by atoms with Crippen LogP contribution in [0.3, 0.4) is 0 Å². The Balaban J connectivity index is 0.000000181. The van der Waals surface area contributed by atoms with Crippen LogP contribution in [0, 0.1) is 0 Å². The van der Waals surface area contributed by atoms with Crippen molar-refractivity contribution in [3.8, 4) is 0 Å². The van der Waals surface area contributed by atoms with Gasteiger partial charge in [-0.25, -0.2) is 0 Å². The zero-order valence-electron chi connectivity index (χ0n) is 33.9. The van der Waals surface area contributed by atoms with Crippen LogP contribution in [0.25, 0.3) is 0 Å². The predicted molar refractivity (Wildman–Crippen MR) is 257 cm³/mol. The molecule has 0 aromatic heterocycles. The van der Waals surface area contributed by atoms with Crippen molar-refractivity contribution in [1.29, 1.82) is 0 Å². The Hall–Kier alpha value is -7.50. The molecule has 0 saturated carbocycles. The summed E-state index contributed by atoms with van der Waals surface area (Å²) in [6.07, 6.45) is 7.54. The standard InChI is InChI=1S/C28H28N2.C27H23N3/c1-3-8-24(9-4-1)22-25-15-17-26(18-16-25)29-21-7-10-23-13-19-28(20-14-23)30-27-11-5-2-6-12-27;1-3-7-22(8-4-1)21-23-11-13-24(14-12-23)28-19-20-29-25-15-17-27(18-16-25)30-26-9-5-2-6-10-26/h1-6,8-9,11-20,29-30H,7,10,21-22H2;1-20,30H,21H2. The van der Waals surface area contributed by atoms with E-state index < -0.39 is 0 Å². The van der Waals surface area contributed by atoms with E-state index in [1.165, 1.54) is 33.5 Å². The molecule has 8 aromatic carbocycles. The van der Waals surface area contributed by atoms with Gasteiger partial charge in [-0.05, 0) is 138 Å². The van der Waals surface area contributed by atoms with Crippen molar-refractivity contribution < 1.29 is 0 Å². The summed E-state index contributed by atoms with van der Waals surface area (Å²) >= 11 is 0. The minimum absolute atomic E-state index is 0.887. The Morgan fingerprint density at radius 1 is 0.317 bits per heavy atom. The lowest BCUT2D eigenvalue weighted by Crippen LogP contribution is -2.03. The van der Waals surface area contributed by atoms with Crippen molar-refractivity contribution in [3.63, 3.8) is 0 Å². The highest BCUT2D eigenvalue weighted by atomic mass is 14.9. The quantitative estimate of drug-likeness (QED) is 0.0676. The van der Waals surface area contributed by atoms with Gasteiger partial charge >= 0.3 is 0 Å². The average Bonchev–Trinajstić information content (AvgIpc) is 3.30. The van der Waals surface area contributed by atoms with Gasteiger partial charge in [0.2, 0.25) is 0 Å². The number of aryl methyl sites for hydroxylation is 1. The first-order valence-electron chi connectivity index (χ1n) is 20.6. The van der Waals surface area contributed by atoms with Gasteiger partial charge in [0.1, 0.15) is 0 Å². The van der Waals surface area contributed by atoms with Crippen molar-refractivity contribution in [2.45, 2.75) is 25.7 Å². The highest BCUT2D eigenvalue weighted by Gasteiger charge is 2.00. The molecule has 0 amide bonds. The van der Waals surface area contributed by atoms with Gasteiger partial charge < -0.3 is 16.0 Å². The topological polar surface area (TPSA) is 60.8 Å². The highest BCUT2D eigenvalue weighted by molar-refractivity contribution is 6.17. The molecule has 0 radical (unpaired) electrons. The number of hydrogen-bond acceptors (Lipinski definition) is 5. The van der Waals surface area contributed by atoms with Gasteiger partial charge in [0.25, 0.3) is 0 Å². The number of nitrogens with one attached hydrogen (secondary N) is 3. The lowest BCUT2D eigenvalue weighted by Gasteiger charge is -2.09. The van der Waals surface area contributed by atoms with E-state index in [0.717, 1.165) is 66.4 Å². The largest absolute Gasteiger partial charge is 0.385 e. The normalized spacial score (nSPS) is 10.9. The number of nitrogens with zero attached hydrogens (tertiary/aromatic N) is 2. The lowest BCUT2D eigenvalue weighted by molar-refractivity contribution is 0.863. The fraction of sp³-hybridized carbons (Fsp3) is 0.0909. The molecule has 5 heteroatoms. The maximum atomic E-state index is 4.46. The number of benzene rings is 8. The second-order valence-corrected chi connectivity index (χ2v) is 14.5. The molecule has 5 nitrogen and oxygen atoms in total. The molecular weight excluding hydrogens is 731 g/mol. The van der Waals surface area contributed by atoms with Gasteiger partial charge in [0.15, 0.2) is 0 Å². The summed E-state index contributed by atoms with van der Waals surface area (Å²) in [5.41, 5.74) is 14.0. The van der Waals surface area contributed by atoms with Crippen LogP contribution in [-0.4, -0.2) is 19.0 Å². The van der Waals surface area contributed by atoms with Gasteiger partial charge in [0, 0.05) is 47.4 Å². The number of para-hydroxylation sites is 2. The molecule has 0 spiro atoms. The summed E-state index contributed by atoms with van der Waals surface area (Å²) in [5.74, 6) is 0. The predicted octanol–water partition coefficient (Wildman–Crippen LogP) is 14.2.